The van der Waals surface area contributed by atoms with E-state index in [1.807, 2.05) is 6.92 Å². The summed E-state index contributed by atoms with van der Waals surface area (Å²) in [6.45, 7) is 5.54. The van der Waals surface area contributed by atoms with Gasteiger partial charge in [0.15, 0.2) is 12.2 Å². The van der Waals surface area contributed by atoms with Gasteiger partial charge in [-0.15, -0.1) is 0 Å². The number of H-pyrrole nitrogens is 1. The molecule has 1 fully saturated rings. The summed E-state index contributed by atoms with van der Waals surface area (Å²) in [5.41, 5.74) is -0.470. The van der Waals surface area contributed by atoms with Crippen LogP contribution in [0.5, 0.6) is 0 Å². The molecule has 2 N–H and O–H groups in total. The van der Waals surface area contributed by atoms with Crippen LogP contribution in [0.25, 0.3) is 0 Å². The average Bonchev–Trinajstić information content (AvgIpc) is 2.83. The average molecular weight is 367 g/mol. The number of rotatable bonds is 5. The van der Waals surface area contributed by atoms with Crippen LogP contribution in [-0.2, 0) is 28.6 Å². The summed E-state index contributed by atoms with van der Waals surface area (Å²) < 4.78 is 16.4. The highest BCUT2D eigenvalue weighted by atomic mass is 16.6. The summed E-state index contributed by atoms with van der Waals surface area (Å²) in [7, 11) is 0. The van der Waals surface area contributed by atoms with Crippen LogP contribution in [0.1, 0.15) is 45.8 Å². The van der Waals surface area contributed by atoms with Gasteiger partial charge in [-0.2, -0.15) is 0 Å². The van der Waals surface area contributed by atoms with Crippen molar-refractivity contribution in [1.82, 2.24) is 9.97 Å². The van der Waals surface area contributed by atoms with Crippen LogP contribution < -0.4 is 10.9 Å². The Balaban J connectivity index is 2.38. The third-order valence-corrected chi connectivity index (χ3v) is 3.74. The van der Waals surface area contributed by atoms with E-state index in [-0.39, 0.29) is 11.5 Å². The Morgan fingerprint density at radius 3 is 2.31 bits per heavy atom. The number of nitrogens with zero attached hydrogens (tertiary/aromatic N) is 1. The lowest BCUT2D eigenvalue weighted by Crippen LogP contribution is -2.38. The van der Waals surface area contributed by atoms with Crippen LogP contribution in [0.3, 0.4) is 0 Å². The Kier molecular flexibility index (Phi) is 6.09. The Morgan fingerprint density at radius 2 is 1.81 bits per heavy atom. The molecule has 0 aliphatic carbocycles. The quantitative estimate of drug-likeness (QED) is 0.715. The number of hydrogen-bond acceptors (Lipinski definition) is 8. The van der Waals surface area contributed by atoms with E-state index in [1.54, 1.807) is 0 Å². The molecule has 26 heavy (non-hydrogen) atoms. The number of esters is 2. The zero-order chi connectivity index (χ0) is 19.4. The van der Waals surface area contributed by atoms with Crippen LogP contribution in [0, 0.1) is 0 Å². The lowest BCUT2D eigenvalue weighted by atomic mass is 10.0. The molecule has 1 aromatic heterocycles. The molecule has 0 bridgehead atoms. The molecule has 10 heteroatoms. The monoisotopic (exact) mass is 367 g/mol. The second kappa shape index (κ2) is 8.09. The maximum absolute atomic E-state index is 12.4. The lowest BCUT2D eigenvalue weighted by molar-refractivity contribution is -0.164. The number of anilines is 1. The summed E-state index contributed by atoms with van der Waals surface area (Å²) >= 11 is 0. The highest BCUT2D eigenvalue weighted by Crippen LogP contribution is 2.37. The zero-order valence-electron chi connectivity index (χ0n) is 14.9. The van der Waals surface area contributed by atoms with Gasteiger partial charge in [-0.1, -0.05) is 6.92 Å². The molecular formula is C16H21N3O7. The minimum atomic E-state index is -0.990. The van der Waals surface area contributed by atoms with Gasteiger partial charge >= 0.3 is 11.9 Å². The van der Waals surface area contributed by atoms with Crippen molar-refractivity contribution < 1.29 is 28.6 Å². The first-order valence-corrected chi connectivity index (χ1v) is 8.09. The molecule has 2 rings (SSSR count). The molecule has 1 saturated heterocycles. The predicted octanol–water partition coefficient (Wildman–Crippen LogP) is 0.442. The first kappa shape index (κ1) is 19.6. The smallest absolute Gasteiger partial charge is 0.303 e. The van der Waals surface area contributed by atoms with Crippen molar-refractivity contribution in [2.45, 2.75) is 58.5 Å². The summed E-state index contributed by atoms with van der Waals surface area (Å²) in [4.78, 5) is 52.7. The molecule has 10 nitrogen and oxygen atoms in total. The van der Waals surface area contributed by atoms with E-state index in [0.717, 1.165) is 0 Å². The van der Waals surface area contributed by atoms with Gasteiger partial charge in [0.05, 0.1) is 11.7 Å². The highest BCUT2D eigenvalue weighted by Gasteiger charge is 2.49. The van der Waals surface area contributed by atoms with Gasteiger partial charge in [-0.3, -0.25) is 29.5 Å². The van der Waals surface area contributed by atoms with Gasteiger partial charge < -0.3 is 14.2 Å². The van der Waals surface area contributed by atoms with E-state index < -0.39 is 47.8 Å². The van der Waals surface area contributed by atoms with Gasteiger partial charge in [0, 0.05) is 27.0 Å². The number of aromatic amines is 1. The molecule has 0 radical (unpaired) electrons. The standard InChI is InChI=1S/C16H21N3O7/c1-5-11-13(24-8(3)21)14(25-9(4)22)12(26-11)10-6-17-16(18-7(2)20)19-15(10)23/h6,11-14H,5H2,1-4H3,(H2,17,18,19,20,23)/t11-,12+,13?,14-/m1/s1. The predicted molar refractivity (Wildman–Crippen MR) is 88.2 cm³/mol. The molecule has 0 spiro atoms. The minimum absolute atomic E-state index is 0.0168. The van der Waals surface area contributed by atoms with Crippen molar-refractivity contribution in [2.24, 2.45) is 0 Å². The van der Waals surface area contributed by atoms with Crippen molar-refractivity contribution in [3.63, 3.8) is 0 Å². The number of ether oxygens (including phenoxy) is 3. The van der Waals surface area contributed by atoms with E-state index >= 15 is 0 Å². The van der Waals surface area contributed by atoms with E-state index in [9.17, 15) is 19.2 Å². The molecule has 0 saturated carbocycles. The Hall–Kier alpha value is -2.75. The van der Waals surface area contributed by atoms with Crippen LogP contribution in [0.4, 0.5) is 5.95 Å². The van der Waals surface area contributed by atoms with Crippen LogP contribution in [0.2, 0.25) is 0 Å². The number of amides is 1. The lowest BCUT2D eigenvalue weighted by Gasteiger charge is -2.23. The van der Waals surface area contributed by atoms with E-state index in [2.05, 4.69) is 15.3 Å². The second-order valence-corrected chi connectivity index (χ2v) is 5.85. The van der Waals surface area contributed by atoms with Gasteiger partial charge in [0.2, 0.25) is 11.9 Å². The fraction of sp³-hybridized carbons (Fsp3) is 0.562. The molecule has 1 aliphatic heterocycles. The van der Waals surface area contributed by atoms with Crippen LogP contribution >= 0.6 is 0 Å². The van der Waals surface area contributed by atoms with Gasteiger partial charge in [-0.25, -0.2) is 4.98 Å². The first-order valence-electron chi connectivity index (χ1n) is 8.09. The Morgan fingerprint density at radius 1 is 1.19 bits per heavy atom. The SMILES string of the molecule is CC[C@H]1O[C@@H](c2cnc(NC(C)=O)[nH]c2=O)[C@@H](OC(C)=O)C1OC(C)=O. The van der Waals surface area contributed by atoms with Crippen molar-refractivity contribution in [3.8, 4) is 0 Å². The molecule has 1 aliphatic rings. The van der Waals surface area contributed by atoms with Crippen molar-refractivity contribution in [2.75, 3.05) is 5.32 Å². The van der Waals surface area contributed by atoms with Crippen molar-refractivity contribution >= 4 is 23.8 Å². The number of hydrogen-bond donors (Lipinski definition) is 2. The summed E-state index contributed by atoms with van der Waals surface area (Å²) in [5.74, 6) is -1.56. The molecule has 1 aromatic rings. The normalized spacial score (nSPS) is 24.8. The molecule has 4 atom stereocenters. The van der Waals surface area contributed by atoms with Gasteiger partial charge in [0.1, 0.15) is 6.10 Å². The van der Waals surface area contributed by atoms with Crippen molar-refractivity contribution in [1.29, 1.82) is 0 Å². The number of carbonyl (C=O) groups excluding carboxylic acids is 3. The third kappa shape index (κ3) is 4.45. The fourth-order valence-electron chi connectivity index (χ4n) is 2.80. The molecule has 142 valence electrons. The number of carbonyl (C=O) groups is 3. The van der Waals surface area contributed by atoms with E-state index in [4.69, 9.17) is 14.2 Å². The molecule has 1 amide bonds. The van der Waals surface area contributed by atoms with Crippen LogP contribution in [-0.4, -0.2) is 46.1 Å². The molecule has 1 unspecified atom stereocenters. The summed E-state index contributed by atoms with van der Waals surface area (Å²) in [6, 6.07) is 0. The highest BCUT2D eigenvalue weighted by molar-refractivity contribution is 5.86. The third-order valence-electron chi connectivity index (χ3n) is 3.74. The Bertz CT molecular complexity index is 760. The zero-order valence-corrected chi connectivity index (χ0v) is 14.9. The fourth-order valence-corrected chi connectivity index (χ4v) is 2.80. The van der Waals surface area contributed by atoms with Gasteiger partial charge in [0.25, 0.3) is 5.56 Å². The van der Waals surface area contributed by atoms with E-state index in [0.29, 0.717) is 6.42 Å². The minimum Gasteiger partial charge on any atom is -0.456 e. The molecular weight excluding hydrogens is 346 g/mol. The maximum atomic E-state index is 12.4. The summed E-state index contributed by atoms with van der Waals surface area (Å²) in [5, 5.41) is 2.36. The van der Waals surface area contributed by atoms with Gasteiger partial charge in [-0.05, 0) is 6.42 Å². The summed E-state index contributed by atoms with van der Waals surface area (Å²) in [6.07, 6.45) is -1.65. The van der Waals surface area contributed by atoms with Crippen LogP contribution in [0.15, 0.2) is 11.0 Å². The molecule has 0 aromatic carbocycles. The Labute approximate surface area is 149 Å². The van der Waals surface area contributed by atoms with Crippen molar-refractivity contribution in [3.05, 3.63) is 22.1 Å². The van der Waals surface area contributed by atoms with E-state index in [1.165, 1.54) is 27.0 Å². The topological polar surface area (TPSA) is 137 Å². The first-order chi connectivity index (χ1) is 12.2. The second-order valence-electron chi connectivity index (χ2n) is 5.85. The largest absolute Gasteiger partial charge is 0.456 e. The number of aromatic nitrogens is 2. The molecule has 2 heterocycles. The maximum Gasteiger partial charge on any atom is 0.303 e. The number of nitrogens with one attached hydrogen (secondary N) is 2.